The van der Waals surface area contributed by atoms with E-state index in [1.165, 1.54) is 0 Å². The number of rotatable bonds is 3. The van der Waals surface area contributed by atoms with Crippen molar-refractivity contribution in [1.82, 2.24) is 4.72 Å². The van der Waals surface area contributed by atoms with Crippen molar-refractivity contribution < 1.29 is 13.2 Å². The summed E-state index contributed by atoms with van der Waals surface area (Å²) in [6.45, 7) is 0. The first kappa shape index (κ1) is 17.3. The number of anilines is 2. The van der Waals surface area contributed by atoms with Crippen molar-refractivity contribution in [3.8, 4) is 0 Å². The molecule has 3 aromatic rings. The highest BCUT2D eigenvalue weighted by Gasteiger charge is 2.29. The van der Waals surface area contributed by atoms with Crippen LogP contribution >= 0.6 is 0 Å². The fourth-order valence-corrected chi connectivity index (χ4v) is 4.23. The molecule has 0 aliphatic carbocycles. The van der Waals surface area contributed by atoms with Crippen LogP contribution in [0.4, 0.5) is 11.4 Å². The quantitative estimate of drug-likeness (QED) is 0.651. The number of benzene rings is 3. The minimum absolute atomic E-state index is 0.222. The molecule has 1 aliphatic heterocycles. The van der Waals surface area contributed by atoms with Crippen molar-refractivity contribution in [2.24, 2.45) is 0 Å². The highest BCUT2D eigenvalue weighted by Crippen LogP contribution is 2.30. The number of carbonyl (C=O) groups excluding carboxylic acids is 1. The van der Waals surface area contributed by atoms with Gasteiger partial charge in [-0.15, -0.1) is 0 Å². The zero-order valence-electron chi connectivity index (χ0n) is 14.2. The van der Waals surface area contributed by atoms with Gasteiger partial charge in [0.05, 0.1) is 5.69 Å². The third-order valence-electron chi connectivity index (χ3n) is 4.29. The molecule has 3 aromatic carbocycles. The monoisotopic (exact) mass is 379 g/mol. The van der Waals surface area contributed by atoms with Crippen molar-refractivity contribution in [1.29, 1.82) is 0 Å². The van der Waals surface area contributed by atoms with Crippen LogP contribution in [-0.2, 0) is 10.0 Å². The minimum atomic E-state index is -3.60. The molecule has 3 N–H and O–H groups in total. The molecule has 0 saturated heterocycles. The van der Waals surface area contributed by atoms with Crippen LogP contribution in [-0.4, -0.2) is 14.3 Å². The van der Waals surface area contributed by atoms with Crippen LogP contribution in [0.1, 0.15) is 22.1 Å². The molecular formula is C20H17N3O3S. The van der Waals surface area contributed by atoms with Gasteiger partial charge in [0, 0.05) is 11.3 Å². The van der Waals surface area contributed by atoms with Gasteiger partial charge in [-0.25, -0.2) is 8.42 Å². The fourth-order valence-electron chi connectivity index (χ4n) is 2.93. The van der Waals surface area contributed by atoms with E-state index in [1.54, 1.807) is 48.5 Å². The Kier molecular flexibility index (Phi) is 4.39. The Morgan fingerprint density at radius 3 is 2.26 bits per heavy atom. The van der Waals surface area contributed by atoms with Gasteiger partial charge in [0.2, 0.25) is 10.0 Å². The standard InChI is InChI=1S/C20H17N3O3S/c24-20(21-16-6-2-1-3-7-16)15-12-10-14(11-13-15)19-22-17-8-4-5-9-18(17)27(25,26)23-19/h1-13,19,22-23H,(H,21,24)/t19-/m1/s1. The number of hydrogen-bond acceptors (Lipinski definition) is 4. The van der Waals surface area contributed by atoms with Crippen LogP contribution < -0.4 is 15.4 Å². The van der Waals surface area contributed by atoms with Crippen LogP contribution in [0, 0.1) is 0 Å². The molecule has 1 heterocycles. The van der Waals surface area contributed by atoms with Gasteiger partial charge < -0.3 is 10.6 Å². The zero-order valence-corrected chi connectivity index (χ0v) is 15.0. The van der Waals surface area contributed by atoms with Gasteiger partial charge in [-0.2, -0.15) is 4.72 Å². The molecule has 6 nitrogen and oxygen atoms in total. The molecule has 27 heavy (non-hydrogen) atoms. The maximum absolute atomic E-state index is 12.4. The second-order valence-electron chi connectivity index (χ2n) is 6.14. The molecule has 0 aromatic heterocycles. The van der Waals surface area contributed by atoms with Crippen LogP contribution in [0.15, 0.2) is 83.8 Å². The molecule has 0 radical (unpaired) electrons. The molecule has 7 heteroatoms. The third-order valence-corrected chi connectivity index (χ3v) is 5.77. The maximum Gasteiger partial charge on any atom is 0.255 e. The Bertz CT molecular complexity index is 1080. The summed E-state index contributed by atoms with van der Waals surface area (Å²) >= 11 is 0. The van der Waals surface area contributed by atoms with Crippen LogP contribution in [0.25, 0.3) is 0 Å². The zero-order chi connectivity index (χ0) is 18.9. The number of sulfonamides is 1. The Morgan fingerprint density at radius 1 is 0.852 bits per heavy atom. The van der Waals surface area contributed by atoms with E-state index < -0.39 is 16.2 Å². The van der Waals surface area contributed by atoms with Gasteiger partial charge in [0.25, 0.3) is 5.91 Å². The average molecular weight is 379 g/mol. The second kappa shape index (κ2) is 6.86. The van der Waals surface area contributed by atoms with Gasteiger partial charge in [-0.3, -0.25) is 4.79 Å². The highest BCUT2D eigenvalue weighted by molar-refractivity contribution is 7.89. The Labute approximate surface area is 157 Å². The molecule has 0 fully saturated rings. The molecule has 1 aliphatic rings. The lowest BCUT2D eigenvalue weighted by Gasteiger charge is -2.28. The number of carbonyl (C=O) groups is 1. The number of amides is 1. The van der Waals surface area contributed by atoms with Crippen molar-refractivity contribution in [3.05, 3.63) is 90.0 Å². The minimum Gasteiger partial charge on any atom is -0.364 e. The van der Waals surface area contributed by atoms with Crippen molar-refractivity contribution in [2.45, 2.75) is 11.1 Å². The average Bonchev–Trinajstić information content (AvgIpc) is 2.68. The first-order valence-corrected chi connectivity index (χ1v) is 9.85. The van der Waals surface area contributed by atoms with E-state index in [1.807, 2.05) is 30.3 Å². The van der Waals surface area contributed by atoms with E-state index in [0.717, 1.165) is 0 Å². The number of para-hydroxylation sites is 2. The SMILES string of the molecule is O=C(Nc1ccccc1)c1ccc([C@@H]2Nc3ccccc3S(=O)(=O)N2)cc1. The first-order valence-electron chi connectivity index (χ1n) is 8.37. The predicted molar refractivity (Wildman–Crippen MR) is 104 cm³/mol. The van der Waals surface area contributed by atoms with Gasteiger partial charge in [0.15, 0.2) is 0 Å². The van der Waals surface area contributed by atoms with Gasteiger partial charge in [-0.05, 0) is 42.0 Å². The normalized spacial score (nSPS) is 17.4. The third kappa shape index (κ3) is 3.55. The summed E-state index contributed by atoms with van der Waals surface area (Å²) < 4.78 is 27.5. The summed E-state index contributed by atoms with van der Waals surface area (Å²) in [4.78, 5) is 12.6. The Morgan fingerprint density at radius 2 is 1.52 bits per heavy atom. The maximum atomic E-state index is 12.4. The topological polar surface area (TPSA) is 87.3 Å². The smallest absolute Gasteiger partial charge is 0.255 e. The van der Waals surface area contributed by atoms with E-state index in [4.69, 9.17) is 0 Å². The predicted octanol–water partition coefficient (Wildman–Crippen LogP) is 3.34. The van der Waals surface area contributed by atoms with E-state index in [-0.39, 0.29) is 10.8 Å². The summed E-state index contributed by atoms with van der Waals surface area (Å²) in [6.07, 6.45) is -0.601. The van der Waals surface area contributed by atoms with Gasteiger partial charge in [-0.1, -0.05) is 42.5 Å². The second-order valence-corrected chi connectivity index (χ2v) is 7.82. The van der Waals surface area contributed by atoms with Crippen molar-refractivity contribution in [2.75, 3.05) is 10.6 Å². The fraction of sp³-hybridized carbons (Fsp3) is 0.0500. The molecule has 1 atom stereocenters. The van der Waals surface area contributed by atoms with Gasteiger partial charge in [0.1, 0.15) is 11.1 Å². The molecule has 136 valence electrons. The van der Waals surface area contributed by atoms with Crippen LogP contribution in [0.5, 0.6) is 0 Å². The Hall–Kier alpha value is -3.16. The highest BCUT2D eigenvalue weighted by atomic mass is 32.2. The van der Waals surface area contributed by atoms with E-state index in [2.05, 4.69) is 15.4 Å². The lowest BCUT2D eigenvalue weighted by molar-refractivity contribution is 0.102. The largest absolute Gasteiger partial charge is 0.364 e. The lowest BCUT2D eigenvalue weighted by Crippen LogP contribution is -2.38. The molecular weight excluding hydrogens is 362 g/mol. The summed E-state index contributed by atoms with van der Waals surface area (Å²) in [5.41, 5.74) is 2.46. The summed E-state index contributed by atoms with van der Waals surface area (Å²) in [7, 11) is -3.60. The molecule has 4 rings (SSSR count). The van der Waals surface area contributed by atoms with Gasteiger partial charge >= 0.3 is 0 Å². The molecule has 0 unspecified atom stereocenters. The summed E-state index contributed by atoms with van der Waals surface area (Å²) in [6, 6.07) is 22.7. The van der Waals surface area contributed by atoms with Crippen LogP contribution in [0.3, 0.4) is 0 Å². The summed E-state index contributed by atoms with van der Waals surface area (Å²) in [5.74, 6) is -0.227. The number of fused-ring (bicyclic) bond motifs is 1. The molecule has 0 saturated carbocycles. The molecule has 0 spiro atoms. The Balaban J connectivity index is 1.54. The summed E-state index contributed by atoms with van der Waals surface area (Å²) in [5, 5.41) is 5.98. The molecule has 1 amide bonds. The number of hydrogen-bond donors (Lipinski definition) is 3. The molecule has 0 bridgehead atoms. The lowest BCUT2D eigenvalue weighted by atomic mass is 10.1. The van der Waals surface area contributed by atoms with Crippen LogP contribution in [0.2, 0.25) is 0 Å². The van der Waals surface area contributed by atoms with E-state index >= 15 is 0 Å². The van der Waals surface area contributed by atoms with E-state index in [9.17, 15) is 13.2 Å². The van der Waals surface area contributed by atoms with Crippen molar-refractivity contribution >= 4 is 27.3 Å². The van der Waals surface area contributed by atoms with Crippen molar-refractivity contribution in [3.63, 3.8) is 0 Å². The van der Waals surface area contributed by atoms with E-state index in [0.29, 0.717) is 22.5 Å². The number of nitrogens with one attached hydrogen (secondary N) is 3. The first-order chi connectivity index (χ1) is 13.0.